The van der Waals surface area contributed by atoms with E-state index < -0.39 is 0 Å². The van der Waals surface area contributed by atoms with E-state index in [-0.39, 0.29) is 0 Å². The van der Waals surface area contributed by atoms with Crippen LogP contribution in [0.15, 0.2) is 176 Å². The first-order valence-corrected chi connectivity index (χ1v) is 20.6. The van der Waals surface area contributed by atoms with E-state index in [9.17, 15) is 0 Å². The number of hydrogen-bond donors (Lipinski definition) is 0. The summed E-state index contributed by atoms with van der Waals surface area (Å²) in [6.45, 7) is 8.88. The highest BCUT2D eigenvalue weighted by Crippen LogP contribution is 2.34. The fourth-order valence-electron chi connectivity index (χ4n) is 7.91. The topological polar surface area (TPSA) is 74.3 Å². The smallest absolute Gasteiger partial charge is 0.164 e. The van der Waals surface area contributed by atoms with Crippen LogP contribution in [0.25, 0.3) is 90.4 Å². The summed E-state index contributed by atoms with van der Waals surface area (Å²) >= 11 is 0. The van der Waals surface area contributed by atoms with Gasteiger partial charge in [-0.1, -0.05) is 119 Å². The first-order chi connectivity index (χ1) is 29.4. The van der Waals surface area contributed by atoms with Gasteiger partial charge in [0.15, 0.2) is 17.5 Å². The predicted molar refractivity (Wildman–Crippen MR) is 244 cm³/mol. The molecule has 3 heterocycles. The van der Waals surface area contributed by atoms with Crippen LogP contribution in [0, 0.1) is 0 Å². The standard InChI is InChI=1S/C53H43N7/c1-34(2)39-16-12-18-41(32-39)52-54-45-20-8-10-22-47(45)59(52)43-28-24-37(25-29-43)50-56-49(36-14-6-5-7-15-36)57-51(58-50)38-26-30-44(31-27-38)60-48-23-11-9-21-46(48)55-53(60)42-19-13-17-40(33-42)35(3)4/h5-35H,1-4H3. The van der Waals surface area contributed by atoms with E-state index in [4.69, 9.17) is 24.9 Å². The molecule has 60 heavy (non-hydrogen) atoms. The minimum absolute atomic E-state index is 0.411. The Morgan fingerprint density at radius 3 is 1.12 bits per heavy atom. The SMILES string of the molecule is CC(C)c1cccc(-c2nc3ccccc3n2-c2ccc(-c3nc(-c4ccccc4)nc(-c4ccc(-n5c(-c6cccc(C(C)C)c6)nc6ccccc65)cc4)n3)cc2)c1. The zero-order chi connectivity index (χ0) is 40.7. The number of imidazole rings is 2. The molecule has 7 nitrogen and oxygen atoms in total. The highest BCUT2D eigenvalue weighted by Gasteiger charge is 2.19. The van der Waals surface area contributed by atoms with Crippen molar-refractivity contribution in [3.05, 3.63) is 187 Å². The third-order valence-electron chi connectivity index (χ3n) is 11.2. The van der Waals surface area contributed by atoms with E-state index in [1.165, 1.54) is 11.1 Å². The Morgan fingerprint density at radius 1 is 0.333 bits per heavy atom. The van der Waals surface area contributed by atoms with Crippen molar-refractivity contribution in [2.45, 2.75) is 39.5 Å². The van der Waals surface area contributed by atoms with Crippen LogP contribution in [0.2, 0.25) is 0 Å². The minimum atomic E-state index is 0.411. The van der Waals surface area contributed by atoms with E-state index in [0.29, 0.717) is 29.3 Å². The number of rotatable bonds is 9. The van der Waals surface area contributed by atoms with Gasteiger partial charge in [0.2, 0.25) is 0 Å². The molecule has 0 aliphatic rings. The average Bonchev–Trinajstić information content (AvgIpc) is 3.89. The molecule has 10 aromatic rings. The Balaban J connectivity index is 1.05. The van der Waals surface area contributed by atoms with Gasteiger partial charge < -0.3 is 0 Å². The molecule has 3 aromatic heterocycles. The van der Waals surface area contributed by atoms with Gasteiger partial charge >= 0.3 is 0 Å². The van der Waals surface area contributed by atoms with Crippen molar-refractivity contribution in [3.63, 3.8) is 0 Å². The predicted octanol–water partition coefficient (Wildman–Crippen LogP) is 13.1. The van der Waals surface area contributed by atoms with E-state index in [2.05, 4.69) is 170 Å². The number of fused-ring (bicyclic) bond motifs is 2. The van der Waals surface area contributed by atoms with Crippen molar-refractivity contribution in [2.75, 3.05) is 0 Å². The molecule has 0 spiro atoms. The third kappa shape index (κ3) is 6.84. The molecule has 0 bridgehead atoms. The second-order valence-electron chi connectivity index (χ2n) is 15.8. The van der Waals surface area contributed by atoms with Crippen molar-refractivity contribution in [2.24, 2.45) is 0 Å². The Hall–Kier alpha value is -7.51. The largest absolute Gasteiger partial charge is 0.292 e. The molecular weight excluding hydrogens is 735 g/mol. The Kier molecular flexibility index (Phi) is 9.41. The van der Waals surface area contributed by atoms with Crippen molar-refractivity contribution in [1.82, 2.24) is 34.1 Å². The lowest BCUT2D eigenvalue weighted by atomic mass is 10.0. The Morgan fingerprint density at radius 2 is 0.700 bits per heavy atom. The van der Waals surface area contributed by atoms with E-state index in [1.807, 2.05) is 42.5 Å². The van der Waals surface area contributed by atoms with Gasteiger partial charge in [0.25, 0.3) is 0 Å². The molecule has 290 valence electrons. The maximum atomic E-state index is 5.12. The summed E-state index contributed by atoms with van der Waals surface area (Å²) in [5.41, 5.74) is 13.4. The molecule has 0 saturated carbocycles. The highest BCUT2D eigenvalue weighted by molar-refractivity contribution is 5.85. The summed E-state index contributed by atoms with van der Waals surface area (Å²) in [5.74, 6) is 4.45. The lowest BCUT2D eigenvalue weighted by molar-refractivity contribution is 0.866. The zero-order valence-electron chi connectivity index (χ0n) is 34.0. The number of benzene rings is 7. The maximum Gasteiger partial charge on any atom is 0.164 e. The van der Waals surface area contributed by atoms with Crippen LogP contribution in [0.1, 0.15) is 50.7 Å². The van der Waals surface area contributed by atoms with Crippen molar-refractivity contribution < 1.29 is 0 Å². The molecule has 0 aliphatic heterocycles. The molecule has 0 saturated heterocycles. The molecule has 0 radical (unpaired) electrons. The molecule has 7 aromatic carbocycles. The van der Waals surface area contributed by atoms with Crippen molar-refractivity contribution in [3.8, 4) is 68.3 Å². The van der Waals surface area contributed by atoms with Gasteiger partial charge in [-0.05, 0) is 108 Å². The van der Waals surface area contributed by atoms with Crippen LogP contribution >= 0.6 is 0 Å². The molecular formula is C53H43N7. The van der Waals surface area contributed by atoms with Crippen molar-refractivity contribution >= 4 is 22.1 Å². The fourth-order valence-corrected chi connectivity index (χ4v) is 7.91. The van der Waals surface area contributed by atoms with Gasteiger partial charge in [-0.15, -0.1) is 0 Å². The summed E-state index contributed by atoms with van der Waals surface area (Å²) in [4.78, 5) is 25.4. The van der Waals surface area contributed by atoms with Crippen LogP contribution in [0.3, 0.4) is 0 Å². The van der Waals surface area contributed by atoms with Crippen LogP contribution in [0.4, 0.5) is 0 Å². The molecule has 0 N–H and O–H groups in total. The molecule has 0 aliphatic carbocycles. The molecule has 0 amide bonds. The average molecular weight is 778 g/mol. The van der Waals surface area contributed by atoms with E-state index >= 15 is 0 Å². The minimum Gasteiger partial charge on any atom is -0.292 e. The Labute approximate surface area is 349 Å². The third-order valence-corrected chi connectivity index (χ3v) is 11.2. The highest BCUT2D eigenvalue weighted by atomic mass is 15.1. The summed E-state index contributed by atoms with van der Waals surface area (Å²) < 4.78 is 4.48. The Bertz CT molecular complexity index is 2950. The molecule has 7 heteroatoms. The second kappa shape index (κ2) is 15.3. The van der Waals surface area contributed by atoms with Gasteiger partial charge in [-0.2, -0.15) is 0 Å². The first kappa shape index (κ1) is 36.8. The fraction of sp³-hybridized carbons (Fsp3) is 0.113. The van der Waals surface area contributed by atoms with Gasteiger partial charge in [-0.3, -0.25) is 9.13 Å². The van der Waals surface area contributed by atoms with E-state index in [0.717, 1.165) is 72.9 Å². The van der Waals surface area contributed by atoms with Crippen LogP contribution in [0.5, 0.6) is 0 Å². The number of aromatic nitrogens is 7. The molecule has 10 rings (SSSR count). The summed E-state index contributed by atoms with van der Waals surface area (Å²) in [6.07, 6.45) is 0. The van der Waals surface area contributed by atoms with Crippen molar-refractivity contribution in [1.29, 1.82) is 0 Å². The molecule has 0 unspecified atom stereocenters. The molecule has 0 atom stereocenters. The van der Waals surface area contributed by atoms with Gasteiger partial charge in [0, 0.05) is 39.2 Å². The summed E-state index contributed by atoms with van der Waals surface area (Å²) in [7, 11) is 0. The van der Waals surface area contributed by atoms with Crippen LogP contribution < -0.4 is 0 Å². The second-order valence-corrected chi connectivity index (χ2v) is 15.8. The van der Waals surface area contributed by atoms with Gasteiger partial charge in [-0.25, -0.2) is 24.9 Å². The monoisotopic (exact) mass is 777 g/mol. The summed E-state index contributed by atoms with van der Waals surface area (Å²) in [5, 5.41) is 0. The number of para-hydroxylation sites is 4. The number of hydrogen-bond acceptors (Lipinski definition) is 5. The molecule has 0 fully saturated rings. The lowest BCUT2D eigenvalue weighted by Crippen LogP contribution is -2.02. The van der Waals surface area contributed by atoms with Crippen LogP contribution in [-0.2, 0) is 0 Å². The van der Waals surface area contributed by atoms with E-state index in [1.54, 1.807) is 0 Å². The van der Waals surface area contributed by atoms with Crippen LogP contribution in [-0.4, -0.2) is 34.1 Å². The number of nitrogens with zero attached hydrogens (tertiary/aromatic N) is 7. The van der Waals surface area contributed by atoms with Gasteiger partial charge in [0.1, 0.15) is 11.6 Å². The lowest BCUT2D eigenvalue weighted by Gasteiger charge is -2.13. The zero-order valence-corrected chi connectivity index (χ0v) is 34.0. The first-order valence-electron chi connectivity index (χ1n) is 20.6. The van der Waals surface area contributed by atoms with Gasteiger partial charge in [0.05, 0.1) is 22.1 Å². The normalized spacial score (nSPS) is 11.6. The quantitative estimate of drug-likeness (QED) is 0.146. The maximum absolute atomic E-state index is 5.12. The summed E-state index contributed by atoms with van der Waals surface area (Å²) in [6, 6.07) is 61.0.